The summed E-state index contributed by atoms with van der Waals surface area (Å²) in [5, 5.41) is 10.1. The number of aryl methyl sites for hydroxylation is 1. The van der Waals surface area contributed by atoms with E-state index in [1.807, 2.05) is 31.2 Å². The van der Waals surface area contributed by atoms with Gasteiger partial charge in [-0.15, -0.1) is 11.3 Å². The molecule has 9 heteroatoms. The number of carbonyl (C=O) groups excluding carboxylic acids is 2. The van der Waals surface area contributed by atoms with Crippen molar-refractivity contribution in [2.45, 2.75) is 52.1 Å². The van der Waals surface area contributed by atoms with E-state index >= 15 is 0 Å². The quantitative estimate of drug-likeness (QED) is 0.693. The molecule has 0 saturated carbocycles. The van der Waals surface area contributed by atoms with Crippen LogP contribution < -0.4 is 16.2 Å². The second kappa shape index (κ2) is 7.05. The molecule has 0 bridgehead atoms. The third-order valence-electron chi connectivity index (χ3n) is 4.96. The van der Waals surface area contributed by atoms with Gasteiger partial charge in [0.2, 0.25) is 11.8 Å². The first kappa shape index (κ1) is 18.7. The van der Waals surface area contributed by atoms with Gasteiger partial charge in [-0.3, -0.25) is 18.8 Å². The van der Waals surface area contributed by atoms with Gasteiger partial charge < -0.3 is 10.6 Å². The van der Waals surface area contributed by atoms with Crippen molar-refractivity contribution in [1.82, 2.24) is 24.8 Å². The van der Waals surface area contributed by atoms with Gasteiger partial charge in [-0.1, -0.05) is 13.8 Å². The third kappa shape index (κ3) is 3.30. The maximum Gasteiger partial charge on any atom is 0.291 e. The average Bonchev–Trinajstić information content (AvgIpc) is 3.15. The number of aromatic nitrogens is 3. The van der Waals surface area contributed by atoms with E-state index in [4.69, 9.17) is 0 Å². The van der Waals surface area contributed by atoms with Crippen molar-refractivity contribution in [2.75, 3.05) is 6.54 Å². The summed E-state index contributed by atoms with van der Waals surface area (Å²) in [5.41, 5.74) is 1.25. The first-order valence-corrected chi connectivity index (χ1v) is 10.2. The summed E-state index contributed by atoms with van der Waals surface area (Å²) in [5.74, 6) is 0.555. The zero-order valence-corrected chi connectivity index (χ0v) is 16.9. The smallest absolute Gasteiger partial charge is 0.291 e. The van der Waals surface area contributed by atoms with Crippen molar-refractivity contribution < 1.29 is 9.59 Å². The molecule has 0 radical (unpaired) electrons. The number of piperidine rings is 1. The molecule has 0 unspecified atom stereocenters. The van der Waals surface area contributed by atoms with Crippen LogP contribution in [0.5, 0.6) is 0 Å². The summed E-state index contributed by atoms with van der Waals surface area (Å²) in [6.07, 6.45) is 0.997. The van der Waals surface area contributed by atoms with Crippen molar-refractivity contribution in [2.24, 2.45) is 0 Å². The maximum absolute atomic E-state index is 13.0. The summed E-state index contributed by atoms with van der Waals surface area (Å²) < 4.78 is 4.20. The highest BCUT2D eigenvalue weighted by molar-refractivity contribution is 7.19. The van der Waals surface area contributed by atoms with Crippen LogP contribution in [-0.2, 0) is 16.1 Å². The van der Waals surface area contributed by atoms with Gasteiger partial charge in [-0.25, -0.2) is 4.68 Å². The van der Waals surface area contributed by atoms with E-state index in [0.717, 1.165) is 16.0 Å². The zero-order chi connectivity index (χ0) is 20.0. The van der Waals surface area contributed by atoms with Crippen molar-refractivity contribution in [1.29, 1.82) is 0 Å². The van der Waals surface area contributed by atoms with Crippen LogP contribution in [0.1, 0.15) is 43.3 Å². The lowest BCUT2D eigenvalue weighted by Gasteiger charge is -2.23. The zero-order valence-electron chi connectivity index (χ0n) is 16.1. The molecule has 1 fully saturated rings. The van der Waals surface area contributed by atoms with Crippen molar-refractivity contribution in [3.8, 4) is 0 Å². The number of nitrogens with zero attached hydrogens (tertiary/aromatic N) is 3. The van der Waals surface area contributed by atoms with Crippen LogP contribution in [-0.4, -0.2) is 38.6 Å². The number of rotatable bonds is 4. The molecule has 1 aliphatic heterocycles. The largest absolute Gasteiger partial charge is 0.354 e. The number of thiophene rings is 1. The Balaban J connectivity index is 1.67. The van der Waals surface area contributed by atoms with Crippen molar-refractivity contribution >= 4 is 38.9 Å². The van der Waals surface area contributed by atoms with Gasteiger partial charge in [-0.05, 0) is 25.5 Å². The second-order valence-electron chi connectivity index (χ2n) is 7.55. The molecule has 1 saturated heterocycles. The van der Waals surface area contributed by atoms with Crippen LogP contribution in [0.15, 0.2) is 16.9 Å². The van der Waals surface area contributed by atoms with E-state index in [0.29, 0.717) is 24.9 Å². The topological polar surface area (TPSA) is 97.5 Å². The van der Waals surface area contributed by atoms with Gasteiger partial charge in [0.15, 0.2) is 0 Å². The molecule has 28 heavy (non-hydrogen) atoms. The predicted octanol–water partition coefficient (Wildman–Crippen LogP) is 1.54. The second-order valence-corrected chi connectivity index (χ2v) is 8.84. The minimum absolute atomic E-state index is 0.00107. The highest BCUT2D eigenvalue weighted by atomic mass is 32.1. The molecule has 4 heterocycles. The third-order valence-corrected chi connectivity index (χ3v) is 5.95. The van der Waals surface area contributed by atoms with E-state index < -0.39 is 0 Å². The summed E-state index contributed by atoms with van der Waals surface area (Å²) in [4.78, 5) is 37.9. The Hall–Kier alpha value is -2.68. The van der Waals surface area contributed by atoms with E-state index in [-0.39, 0.29) is 35.9 Å². The summed E-state index contributed by atoms with van der Waals surface area (Å²) in [6, 6.07) is 3.83. The van der Waals surface area contributed by atoms with Crippen molar-refractivity contribution in [3.63, 3.8) is 0 Å². The minimum atomic E-state index is -0.280. The van der Waals surface area contributed by atoms with E-state index in [9.17, 15) is 14.4 Å². The van der Waals surface area contributed by atoms with Gasteiger partial charge in [0.25, 0.3) is 5.56 Å². The number of hydrogen-bond donors (Lipinski definition) is 2. The fourth-order valence-corrected chi connectivity index (χ4v) is 4.55. The average molecular weight is 401 g/mol. The Morgan fingerprint density at radius 2 is 2.14 bits per heavy atom. The van der Waals surface area contributed by atoms with Crippen LogP contribution in [0.3, 0.4) is 0 Å². The monoisotopic (exact) mass is 401 g/mol. The Morgan fingerprint density at radius 3 is 2.82 bits per heavy atom. The Labute approximate surface area is 165 Å². The fourth-order valence-electron chi connectivity index (χ4n) is 3.61. The van der Waals surface area contributed by atoms with E-state index in [1.54, 1.807) is 11.3 Å². The highest BCUT2D eigenvalue weighted by Gasteiger charge is 2.22. The molecule has 0 aliphatic carbocycles. The molecule has 3 aromatic heterocycles. The lowest BCUT2D eigenvalue weighted by Crippen LogP contribution is -2.49. The lowest BCUT2D eigenvalue weighted by atomic mass is 10.1. The molecule has 8 nitrogen and oxygen atoms in total. The molecule has 0 aromatic carbocycles. The molecule has 148 valence electrons. The molecule has 4 rings (SSSR count). The van der Waals surface area contributed by atoms with Crippen LogP contribution in [0.25, 0.3) is 15.7 Å². The van der Waals surface area contributed by atoms with Crippen LogP contribution in [0.4, 0.5) is 0 Å². The molecule has 0 spiro atoms. The Morgan fingerprint density at radius 1 is 1.36 bits per heavy atom. The fraction of sp³-hybridized carbons (Fsp3) is 0.474. The standard InChI is InChI=1S/C19H23N5O3S/c1-10(2)18-22-23(9-17(26)21-12-4-5-16(25)20-8-12)19(27)14-7-15-13(24(14)18)6-11(3)28-15/h6-7,10,12H,4-5,8-9H2,1-3H3,(H,20,25)(H,21,26)/t12-/m1/s1. The van der Waals surface area contributed by atoms with Gasteiger partial charge in [0, 0.05) is 29.8 Å². The summed E-state index contributed by atoms with van der Waals surface area (Å²) in [7, 11) is 0. The normalized spacial score (nSPS) is 17.4. The predicted molar refractivity (Wildman–Crippen MR) is 108 cm³/mol. The number of amides is 2. The number of hydrogen-bond acceptors (Lipinski definition) is 5. The van der Waals surface area contributed by atoms with Gasteiger partial charge in [-0.2, -0.15) is 5.10 Å². The summed E-state index contributed by atoms with van der Waals surface area (Å²) in [6.45, 7) is 6.35. The van der Waals surface area contributed by atoms with Crippen LogP contribution in [0, 0.1) is 6.92 Å². The van der Waals surface area contributed by atoms with E-state index in [2.05, 4.69) is 21.8 Å². The Kier molecular flexibility index (Phi) is 4.70. The Bertz CT molecular complexity index is 1130. The minimum Gasteiger partial charge on any atom is -0.354 e. The molecular weight excluding hydrogens is 378 g/mol. The number of carbonyl (C=O) groups is 2. The lowest BCUT2D eigenvalue weighted by molar-refractivity contribution is -0.126. The SMILES string of the molecule is Cc1cc2c(cc3c(=O)n(CC(=O)N[C@@H]4CCC(=O)NC4)nc(C(C)C)n32)s1. The molecule has 3 aromatic rings. The van der Waals surface area contributed by atoms with Crippen molar-refractivity contribution in [3.05, 3.63) is 33.2 Å². The first-order chi connectivity index (χ1) is 13.3. The molecule has 1 atom stereocenters. The number of fused-ring (bicyclic) bond motifs is 3. The summed E-state index contributed by atoms with van der Waals surface area (Å²) >= 11 is 1.64. The van der Waals surface area contributed by atoms with Crippen LogP contribution >= 0.6 is 11.3 Å². The highest BCUT2D eigenvalue weighted by Crippen LogP contribution is 2.29. The van der Waals surface area contributed by atoms with E-state index in [1.165, 1.54) is 9.56 Å². The first-order valence-electron chi connectivity index (χ1n) is 9.42. The van der Waals surface area contributed by atoms with Gasteiger partial charge >= 0.3 is 0 Å². The van der Waals surface area contributed by atoms with Gasteiger partial charge in [0.1, 0.15) is 17.9 Å². The molecule has 2 N–H and O–H groups in total. The molecule has 1 aliphatic rings. The van der Waals surface area contributed by atoms with Gasteiger partial charge in [0.05, 0.1) is 10.2 Å². The molecular formula is C19H23N5O3S. The number of nitrogens with one attached hydrogen (secondary N) is 2. The molecule has 2 amide bonds. The maximum atomic E-state index is 13.0. The van der Waals surface area contributed by atoms with Crippen LogP contribution in [0.2, 0.25) is 0 Å².